The molecule has 0 aliphatic carbocycles. The molecular formula is C13H16ClN3O2. The van der Waals surface area contributed by atoms with Crippen molar-refractivity contribution in [3.63, 3.8) is 0 Å². The fourth-order valence-corrected chi connectivity index (χ4v) is 1.86. The molecule has 2 aromatic rings. The van der Waals surface area contributed by atoms with Crippen LogP contribution in [0.2, 0.25) is 5.02 Å². The van der Waals surface area contributed by atoms with Gasteiger partial charge in [0.05, 0.1) is 0 Å². The Labute approximate surface area is 116 Å². The molecule has 19 heavy (non-hydrogen) atoms. The molecule has 0 radical (unpaired) electrons. The highest BCUT2D eigenvalue weighted by Gasteiger charge is 2.12. The van der Waals surface area contributed by atoms with E-state index in [-0.39, 0.29) is 12.6 Å². The molecule has 1 unspecified atom stereocenters. The van der Waals surface area contributed by atoms with Gasteiger partial charge in [-0.05, 0) is 39.1 Å². The van der Waals surface area contributed by atoms with Gasteiger partial charge in [0.25, 0.3) is 5.89 Å². The highest BCUT2D eigenvalue weighted by Crippen LogP contribution is 2.28. The van der Waals surface area contributed by atoms with E-state index in [2.05, 4.69) is 15.5 Å². The van der Waals surface area contributed by atoms with Gasteiger partial charge < -0.3 is 14.6 Å². The van der Waals surface area contributed by atoms with Gasteiger partial charge >= 0.3 is 0 Å². The lowest BCUT2D eigenvalue weighted by Crippen LogP contribution is -2.13. The largest absolute Gasteiger partial charge is 0.483 e. The molecule has 1 aromatic carbocycles. The van der Waals surface area contributed by atoms with Crippen LogP contribution >= 0.6 is 11.6 Å². The summed E-state index contributed by atoms with van der Waals surface area (Å²) >= 11 is 6.01. The minimum absolute atomic E-state index is 0.137. The predicted octanol–water partition coefficient (Wildman–Crippen LogP) is 2.89. The van der Waals surface area contributed by atoms with Crippen LogP contribution < -0.4 is 10.1 Å². The number of hydrogen-bond donors (Lipinski definition) is 1. The maximum atomic E-state index is 6.01. The van der Waals surface area contributed by atoms with E-state index in [1.807, 2.05) is 26.1 Å². The second-order valence-corrected chi connectivity index (χ2v) is 4.65. The van der Waals surface area contributed by atoms with E-state index in [0.717, 1.165) is 11.3 Å². The van der Waals surface area contributed by atoms with Crippen LogP contribution in [0.15, 0.2) is 22.7 Å². The molecule has 0 bridgehead atoms. The monoisotopic (exact) mass is 281 g/mol. The minimum atomic E-state index is 0.137. The Hall–Kier alpha value is -1.59. The number of halogens is 1. The van der Waals surface area contributed by atoms with Crippen LogP contribution in [0.4, 0.5) is 0 Å². The summed E-state index contributed by atoms with van der Waals surface area (Å²) in [7, 11) is 1.89. The molecular weight excluding hydrogens is 266 g/mol. The summed E-state index contributed by atoms with van der Waals surface area (Å²) in [6.45, 7) is 4.05. The van der Waals surface area contributed by atoms with Crippen LogP contribution in [0, 0.1) is 6.92 Å². The number of rotatable bonds is 5. The van der Waals surface area contributed by atoms with Gasteiger partial charge in [0, 0.05) is 16.6 Å². The first-order valence-electron chi connectivity index (χ1n) is 5.99. The Morgan fingerprint density at radius 2 is 2.26 bits per heavy atom. The maximum Gasteiger partial charge on any atom is 0.264 e. The van der Waals surface area contributed by atoms with Crippen LogP contribution in [0.1, 0.15) is 30.2 Å². The van der Waals surface area contributed by atoms with E-state index >= 15 is 0 Å². The molecule has 1 N–H and O–H groups in total. The van der Waals surface area contributed by atoms with E-state index in [1.54, 1.807) is 13.0 Å². The summed E-state index contributed by atoms with van der Waals surface area (Å²) in [4.78, 5) is 4.09. The molecule has 0 saturated heterocycles. The van der Waals surface area contributed by atoms with Gasteiger partial charge in [-0.25, -0.2) is 0 Å². The first-order chi connectivity index (χ1) is 9.10. The fourth-order valence-electron chi connectivity index (χ4n) is 1.68. The van der Waals surface area contributed by atoms with Gasteiger partial charge in [0.15, 0.2) is 12.4 Å². The van der Waals surface area contributed by atoms with Crippen LogP contribution in [0.25, 0.3) is 0 Å². The van der Waals surface area contributed by atoms with E-state index in [9.17, 15) is 0 Å². The summed E-state index contributed by atoms with van der Waals surface area (Å²) in [6.07, 6.45) is 0. The standard InChI is InChI=1S/C13H16ClN3O2/c1-8(15-3)11-6-10(14)4-5-12(11)18-7-13-16-9(2)17-19-13/h4-6,8,15H,7H2,1-3H3. The van der Waals surface area contributed by atoms with Crippen molar-refractivity contribution in [1.82, 2.24) is 15.5 Å². The van der Waals surface area contributed by atoms with Gasteiger partial charge in [-0.3, -0.25) is 0 Å². The summed E-state index contributed by atoms with van der Waals surface area (Å²) in [6, 6.07) is 5.66. The van der Waals surface area contributed by atoms with Gasteiger partial charge in [-0.2, -0.15) is 4.98 Å². The molecule has 102 valence electrons. The predicted molar refractivity (Wildman–Crippen MR) is 72.3 cm³/mol. The Balaban J connectivity index is 2.15. The lowest BCUT2D eigenvalue weighted by atomic mass is 10.1. The molecule has 1 atom stereocenters. The van der Waals surface area contributed by atoms with Crippen molar-refractivity contribution in [3.8, 4) is 5.75 Å². The van der Waals surface area contributed by atoms with Crippen LogP contribution in [-0.2, 0) is 6.61 Å². The summed E-state index contributed by atoms with van der Waals surface area (Å²) in [5.41, 5.74) is 0.992. The van der Waals surface area contributed by atoms with Gasteiger partial charge in [-0.1, -0.05) is 16.8 Å². The van der Waals surface area contributed by atoms with Crippen molar-refractivity contribution in [2.45, 2.75) is 26.5 Å². The molecule has 0 spiro atoms. The third-order valence-electron chi connectivity index (χ3n) is 2.79. The minimum Gasteiger partial charge on any atom is -0.483 e. The molecule has 6 heteroatoms. The molecule has 1 heterocycles. The molecule has 1 aromatic heterocycles. The van der Waals surface area contributed by atoms with Crippen molar-refractivity contribution < 1.29 is 9.26 Å². The van der Waals surface area contributed by atoms with E-state index < -0.39 is 0 Å². The molecule has 0 saturated carbocycles. The smallest absolute Gasteiger partial charge is 0.264 e. The van der Waals surface area contributed by atoms with Crippen molar-refractivity contribution in [1.29, 1.82) is 0 Å². The Bertz CT molecular complexity index is 557. The quantitative estimate of drug-likeness (QED) is 0.913. The highest BCUT2D eigenvalue weighted by molar-refractivity contribution is 6.30. The molecule has 5 nitrogen and oxygen atoms in total. The van der Waals surface area contributed by atoms with Gasteiger partial charge in [0.2, 0.25) is 0 Å². The SMILES string of the molecule is CNC(C)c1cc(Cl)ccc1OCc1nc(C)no1. The zero-order valence-electron chi connectivity index (χ0n) is 11.1. The fraction of sp³-hybridized carbons (Fsp3) is 0.385. The van der Waals surface area contributed by atoms with E-state index in [1.165, 1.54) is 0 Å². The Morgan fingerprint density at radius 3 is 2.89 bits per heavy atom. The normalized spacial score (nSPS) is 12.4. The van der Waals surface area contributed by atoms with E-state index in [0.29, 0.717) is 16.7 Å². The zero-order valence-corrected chi connectivity index (χ0v) is 11.9. The third kappa shape index (κ3) is 3.45. The number of benzene rings is 1. The molecule has 0 amide bonds. The van der Waals surface area contributed by atoms with Crippen LogP contribution in [-0.4, -0.2) is 17.2 Å². The van der Waals surface area contributed by atoms with Gasteiger partial charge in [0.1, 0.15) is 5.75 Å². The molecule has 0 aliphatic heterocycles. The number of nitrogens with zero attached hydrogens (tertiary/aromatic N) is 2. The first kappa shape index (κ1) is 13.8. The van der Waals surface area contributed by atoms with Crippen molar-refractivity contribution in [2.24, 2.45) is 0 Å². The Morgan fingerprint density at radius 1 is 1.47 bits per heavy atom. The number of nitrogens with one attached hydrogen (secondary N) is 1. The lowest BCUT2D eigenvalue weighted by Gasteiger charge is -2.16. The summed E-state index contributed by atoms with van der Waals surface area (Å²) < 4.78 is 10.7. The second kappa shape index (κ2) is 6.04. The van der Waals surface area contributed by atoms with Crippen molar-refractivity contribution >= 4 is 11.6 Å². The number of aryl methyl sites for hydroxylation is 1. The van der Waals surface area contributed by atoms with Gasteiger partial charge in [-0.15, -0.1) is 0 Å². The number of aromatic nitrogens is 2. The van der Waals surface area contributed by atoms with Crippen LogP contribution in [0.5, 0.6) is 5.75 Å². The van der Waals surface area contributed by atoms with Crippen molar-refractivity contribution in [3.05, 3.63) is 40.5 Å². The number of hydrogen-bond acceptors (Lipinski definition) is 5. The molecule has 0 aliphatic rings. The van der Waals surface area contributed by atoms with E-state index in [4.69, 9.17) is 20.9 Å². The maximum absolute atomic E-state index is 6.01. The summed E-state index contributed by atoms with van der Waals surface area (Å²) in [5, 5.41) is 7.56. The molecule has 2 rings (SSSR count). The average Bonchev–Trinajstić information content (AvgIpc) is 2.82. The van der Waals surface area contributed by atoms with Crippen molar-refractivity contribution in [2.75, 3.05) is 7.05 Å². The highest BCUT2D eigenvalue weighted by atomic mass is 35.5. The average molecular weight is 282 g/mol. The summed E-state index contributed by atoms with van der Waals surface area (Å²) in [5.74, 6) is 1.80. The number of ether oxygens (including phenoxy) is 1. The third-order valence-corrected chi connectivity index (χ3v) is 3.03. The lowest BCUT2D eigenvalue weighted by molar-refractivity contribution is 0.239. The van der Waals surface area contributed by atoms with Crippen LogP contribution in [0.3, 0.4) is 0 Å². The molecule has 0 fully saturated rings. The second-order valence-electron chi connectivity index (χ2n) is 4.22. The first-order valence-corrected chi connectivity index (χ1v) is 6.36. The topological polar surface area (TPSA) is 60.2 Å². The zero-order chi connectivity index (χ0) is 13.8. The Kier molecular flexibility index (Phi) is 4.39.